The second-order valence-corrected chi connectivity index (χ2v) is 10.2. The fraction of sp³-hybridized carbons (Fsp3) is 0.444. The number of methoxy groups -OCH3 is 1. The van der Waals surface area contributed by atoms with Gasteiger partial charge < -0.3 is 14.6 Å². The molecule has 3 aromatic heterocycles. The predicted octanol–water partition coefficient (Wildman–Crippen LogP) is 5.28. The van der Waals surface area contributed by atoms with E-state index in [-0.39, 0.29) is 30.2 Å². The summed E-state index contributed by atoms with van der Waals surface area (Å²) in [6.07, 6.45) is 0.368. The highest BCUT2D eigenvalue weighted by molar-refractivity contribution is 5.76. The third kappa shape index (κ3) is 5.73. The van der Waals surface area contributed by atoms with Gasteiger partial charge in [0.25, 0.3) is 0 Å². The van der Waals surface area contributed by atoms with Crippen molar-refractivity contribution in [2.45, 2.75) is 70.8 Å². The number of benzene rings is 1. The quantitative estimate of drug-likeness (QED) is 0.275. The van der Waals surface area contributed by atoms with Gasteiger partial charge in [0, 0.05) is 30.1 Å². The monoisotopic (exact) mass is 556 g/mol. The minimum atomic E-state index is -4.52. The van der Waals surface area contributed by atoms with Crippen molar-refractivity contribution < 1.29 is 22.7 Å². The van der Waals surface area contributed by atoms with Gasteiger partial charge in [0.15, 0.2) is 11.5 Å². The van der Waals surface area contributed by atoms with Crippen molar-refractivity contribution in [3.63, 3.8) is 0 Å². The number of rotatable bonds is 10. The first-order valence-corrected chi connectivity index (χ1v) is 13.1. The lowest BCUT2D eigenvalue weighted by Crippen LogP contribution is -2.29. The Morgan fingerprint density at radius 1 is 1.18 bits per heavy atom. The van der Waals surface area contributed by atoms with E-state index in [1.165, 1.54) is 10.9 Å². The Kier molecular flexibility index (Phi) is 7.39. The summed E-state index contributed by atoms with van der Waals surface area (Å²) >= 11 is 0. The second kappa shape index (κ2) is 10.8. The van der Waals surface area contributed by atoms with Gasteiger partial charge in [0.1, 0.15) is 17.7 Å². The standard InChI is InChI=1S/C27H31F3N8O2/c1-15(2)37-13-20(27(28,29)30)34-25(37)19-9-5-17(6-10-19)16(3)33-21(39)11-12-38-35-24(36-38)22-23(18-7-8-18)31-14-32-26(22)40-4/h5-6,9-10,13-16,18H,7-8,11-12H2,1-4H3,(H,33,39)(H,35,36). The van der Waals surface area contributed by atoms with Crippen LogP contribution >= 0.6 is 0 Å². The number of nitrogens with one attached hydrogen (secondary N) is 2. The number of imidazole rings is 1. The molecule has 40 heavy (non-hydrogen) atoms. The third-order valence-corrected chi connectivity index (χ3v) is 6.87. The van der Waals surface area contributed by atoms with Gasteiger partial charge in [-0.3, -0.25) is 9.89 Å². The predicted molar refractivity (Wildman–Crippen MR) is 140 cm³/mol. The highest BCUT2D eigenvalue weighted by Crippen LogP contribution is 2.44. The molecular formula is C27H31F3N8O2. The number of aromatic nitrogens is 7. The van der Waals surface area contributed by atoms with Crippen molar-refractivity contribution in [3.8, 4) is 28.7 Å². The van der Waals surface area contributed by atoms with E-state index in [0.717, 1.165) is 35.9 Å². The Labute approximate surface area is 229 Å². The molecule has 2 N–H and O–H groups in total. The first-order chi connectivity index (χ1) is 19.0. The van der Waals surface area contributed by atoms with E-state index in [1.807, 2.05) is 6.92 Å². The molecule has 0 aliphatic heterocycles. The van der Waals surface area contributed by atoms with Gasteiger partial charge in [-0.05, 0) is 39.2 Å². The van der Waals surface area contributed by atoms with Gasteiger partial charge in [-0.25, -0.2) is 19.7 Å². The van der Waals surface area contributed by atoms with Crippen LogP contribution in [0, 0.1) is 0 Å². The Bertz CT molecular complexity index is 1470. The van der Waals surface area contributed by atoms with Gasteiger partial charge >= 0.3 is 6.18 Å². The highest BCUT2D eigenvalue weighted by Gasteiger charge is 2.35. The molecule has 0 saturated heterocycles. The first-order valence-electron chi connectivity index (χ1n) is 13.1. The van der Waals surface area contributed by atoms with E-state index in [1.54, 1.807) is 50.0 Å². The molecule has 10 nitrogen and oxygen atoms in total. The fourth-order valence-corrected chi connectivity index (χ4v) is 4.55. The van der Waals surface area contributed by atoms with Crippen LogP contribution in [0.4, 0.5) is 13.2 Å². The van der Waals surface area contributed by atoms with E-state index in [9.17, 15) is 18.0 Å². The molecule has 1 atom stereocenters. The van der Waals surface area contributed by atoms with Crippen molar-refractivity contribution in [1.29, 1.82) is 0 Å². The number of halogens is 3. The number of carbonyl (C=O) groups is 1. The number of aromatic amines is 1. The van der Waals surface area contributed by atoms with Gasteiger partial charge in [0.2, 0.25) is 11.8 Å². The van der Waals surface area contributed by atoms with E-state index in [4.69, 9.17) is 4.74 Å². The maximum absolute atomic E-state index is 13.2. The maximum Gasteiger partial charge on any atom is 0.434 e. The molecule has 13 heteroatoms. The first kappa shape index (κ1) is 27.4. The molecule has 5 rings (SSSR count). The zero-order valence-electron chi connectivity index (χ0n) is 22.7. The number of alkyl halides is 3. The number of H-pyrrole nitrogens is 1. The molecular weight excluding hydrogens is 525 g/mol. The van der Waals surface area contributed by atoms with Crippen LogP contribution in [0.25, 0.3) is 22.8 Å². The lowest BCUT2D eigenvalue weighted by molar-refractivity contribution is -0.141. The van der Waals surface area contributed by atoms with Crippen molar-refractivity contribution in [2.24, 2.45) is 0 Å². The molecule has 1 amide bonds. The molecule has 1 aliphatic rings. The molecule has 1 aromatic carbocycles. The number of carbonyl (C=O) groups excluding carboxylic acids is 1. The minimum absolute atomic E-state index is 0.161. The van der Waals surface area contributed by atoms with Crippen molar-refractivity contribution in [3.05, 3.63) is 53.7 Å². The fourth-order valence-electron chi connectivity index (χ4n) is 4.55. The summed E-state index contributed by atoms with van der Waals surface area (Å²) in [6.45, 7) is 5.81. The number of nitrogens with zero attached hydrogens (tertiary/aromatic N) is 6. The largest absolute Gasteiger partial charge is 0.480 e. The summed E-state index contributed by atoms with van der Waals surface area (Å²) < 4.78 is 46.6. The second-order valence-electron chi connectivity index (χ2n) is 10.2. The van der Waals surface area contributed by atoms with Crippen LogP contribution in [-0.4, -0.2) is 47.5 Å². The molecule has 1 aliphatic carbocycles. The lowest BCUT2D eigenvalue weighted by Gasteiger charge is -2.18. The Hall–Kier alpha value is -4.16. The average molecular weight is 557 g/mol. The zero-order chi connectivity index (χ0) is 28.6. The number of ether oxygens (including phenoxy) is 1. The molecule has 0 bridgehead atoms. The van der Waals surface area contributed by atoms with E-state index in [0.29, 0.717) is 29.7 Å². The van der Waals surface area contributed by atoms with Crippen LogP contribution in [0.3, 0.4) is 0 Å². The van der Waals surface area contributed by atoms with E-state index < -0.39 is 11.9 Å². The molecule has 0 radical (unpaired) electrons. The van der Waals surface area contributed by atoms with Crippen molar-refractivity contribution >= 4 is 5.91 Å². The molecule has 1 saturated carbocycles. The minimum Gasteiger partial charge on any atom is -0.480 e. The van der Waals surface area contributed by atoms with Crippen LogP contribution in [0.1, 0.15) is 75.0 Å². The zero-order valence-corrected chi connectivity index (χ0v) is 22.7. The van der Waals surface area contributed by atoms with E-state index in [2.05, 4.69) is 30.5 Å². The summed E-state index contributed by atoms with van der Waals surface area (Å²) in [7, 11) is 1.56. The normalized spacial score (nSPS) is 14.5. The van der Waals surface area contributed by atoms with Crippen LogP contribution in [0.15, 0.2) is 36.8 Å². The molecule has 3 heterocycles. The van der Waals surface area contributed by atoms with Crippen LogP contribution in [-0.2, 0) is 17.5 Å². The lowest BCUT2D eigenvalue weighted by atomic mass is 10.1. The Balaban J connectivity index is 1.18. The number of aryl methyl sites for hydroxylation is 1. The number of hydrogen-bond acceptors (Lipinski definition) is 6. The topological polar surface area (TPSA) is 116 Å². The summed E-state index contributed by atoms with van der Waals surface area (Å²) in [4.78, 5) is 26.6. The molecule has 0 spiro atoms. The Morgan fingerprint density at radius 3 is 2.48 bits per heavy atom. The van der Waals surface area contributed by atoms with E-state index >= 15 is 0 Å². The average Bonchev–Trinajstić information content (AvgIpc) is 3.63. The van der Waals surface area contributed by atoms with Gasteiger partial charge in [-0.2, -0.15) is 13.2 Å². The maximum atomic E-state index is 13.2. The molecule has 1 fully saturated rings. The SMILES string of the molecule is COc1ncnc(C2CC2)c1-c1nn(CCC(=O)NC(C)c2ccc(-c3nc(C(F)(F)F)cn3C(C)C)cc2)[nH]1. The smallest absolute Gasteiger partial charge is 0.434 e. The summed E-state index contributed by atoms with van der Waals surface area (Å²) in [5, 5.41) is 10.6. The summed E-state index contributed by atoms with van der Waals surface area (Å²) in [5.41, 5.74) is 2.14. The molecule has 1 unspecified atom stereocenters. The molecule has 4 aromatic rings. The summed E-state index contributed by atoms with van der Waals surface area (Å²) in [6, 6.07) is 6.52. The van der Waals surface area contributed by atoms with Crippen molar-refractivity contribution in [2.75, 3.05) is 7.11 Å². The van der Waals surface area contributed by atoms with Gasteiger partial charge in [0.05, 0.1) is 25.4 Å². The number of hydrogen-bond donors (Lipinski definition) is 2. The number of amides is 1. The Morgan fingerprint density at radius 2 is 1.88 bits per heavy atom. The molecule has 212 valence electrons. The van der Waals surface area contributed by atoms with Gasteiger partial charge in [-0.15, -0.1) is 5.10 Å². The van der Waals surface area contributed by atoms with Crippen LogP contribution < -0.4 is 10.1 Å². The van der Waals surface area contributed by atoms with Crippen LogP contribution in [0.2, 0.25) is 0 Å². The van der Waals surface area contributed by atoms with Gasteiger partial charge in [-0.1, -0.05) is 24.3 Å². The van der Waals surface area contributed by atoms with Crippen LogP contribution in [0.5, 0.6) is 5.88 Å². The third-order valence-electron chi connectivity index (χ3n) is 6.87. The van der Waals surface area contributed by atoms with Crippen molar-refractivity contribution in [1.82, 2.24) is 39.8 Å². The summed E-state index contributed by atoms with van der Waals surface area (Å²) in [5.74, 6) is 1.56. The highest BCUT2D eigenvalue weighted by atomic mass is 19.4.